The van der Waals surface area contributed by atoms with Gasteiger partial charge < -0.3 is 9.88 Å². The van der Waals surface area contributed by atoms with Crippen LogP contribution in [0.3, 0.4) is 0 Å². The normalized spacial score (nSPS) is 11.0. The molecule has 0 aliphatic carbocycles. The number of rotatable bonds is 6. The van der Waals surface area contributed by atoms with E-state index in [1.54, 1.807) is 6.92 Å². The number of imidazole rings is 1. The van der Waals surface area contributed by atoms with Crippen molar-refractivity contribution in [3.05, 3.63) is 28.8 Å². The van der Waals surface area contributed by atoms with Gasteiger partial charge in [-0.3, -0.25) is 4.79 Å². The van der Waals surface area contributed by atoms with Crippen LogP contribution in [0.25, 0.3) is 0 Å². The van der Waals surface area contributed by atoms with Gasteiger partial charge in [-0.2, -0.15) is 0 Å². The maximum atomic E-state index is 11.9. The number of aromatic nitrogens is 4. The highest BCUT2D eigenvalue weighted by atomic mass is 32.1. The van der Waals surface area contributed by atoms with Crippen LogP contribution in [-0.4, -0.2) is 31.6 Å². The van der Waals surface area contributed by atoms with Crippen molar-refractivity contribution in [2.24, 2.45) is 0 Å². The minimum Gasteiger partial charge on any atom is -0.351 e. The van der Waals surface area contributed by atoms with Crippen molar-refractivity contribution in [3.63, 3.8) is 0 Å². The van der Waals surface area contributed by atoms with Gasteiger partial charge >= 0.3 is 0 Å². The summed E-state index contributed by atoms with van der Waals surface area (Å²) in [4.78, 5) is 16.8. The zero-order valence-corrected chi connectivity index (χ0v) is 12.8. The first-order valence-electron chi connectivity index (χ1n) is 6.67. The van der Waals surface area contributed by atoms with Crippen molar-refractivity contribution in [2.45, 2.75) is 39.7 Å². The predicted octanol–water partition coefficient (Wildman–Crippen LogP) is 1.99. The van der Waals surface area contributed by atoms with Crippen LogP contribution < -0.4 is 5.32 Å². The van der Waals surface area contributed by atoms with Crippen molar-refractivity contribution in [1.82, 2.24) is 24.5 Å². The van der Waals surface area contributed by atoms with Gasteiger partial charge in [0.15, 0.2) is 0 Å². The van der Waals surface area contributed by atoms with Crippen LogP contribution in [-0.2, 0) is 6.54 Å². The molecule has 2 heterocycles. The molecule has 2 rings (SSSR count). The molecule has 0 radical (unpaired) electrons. The summed E-state index contributed by atoms with van der Waals surface area (Å²) in [7, 11) is 0. The highest BCUT2D eigenvalue weighted by Gasteiger charge is 2.12. The molecule has 0 unspecified atom stereocenters. The predicted molar refractivity (Wildman–Crippen MR) is 77.9 cm³/mol. The minimum atomic E-state index is -0.0905. The van der Waals surface area contributed by atoms with E-state index < -0.39 is 0 Å². The van der Waals surface area contributed by atoms with E-state index in [1.165, 1.54) is 0 Å². The molecule has 108 valence electrons. The molecule has 0 aromatic carbocycles. The second-order valence-electron chi connectivity index (χ2n) is 4.93. The molecule has 0 saturated heterocycles. The number of amides is 1. The van der Waals surface area contributed by atoms with Gasteiger partial charge in [-0.25, -0.2) is 4.98 Å². The molecule has 0 atom stereocenters. The summed E-state index contributed by atoms with van der Waals surface area (Å²) in [5, 5.41) is 6.73. The number of hydrogen-bond donors (Lipinski definition) is 1. The van der Waals surface area contributed by atoms with Crippen molar-refractivity contribution in [3.8, 4) is 0 Å². The zero-order chi connectivity index (χ0) is 14.5. The largest absolute Gasteiger partial charge is 0.351 e. The number of aryl methyl sites for hydroxylation is 2. The van der Waals surface area contributed by atoms with Crippen LogP contribution in [0.2, 0.25) is 0 Å². The Morgan fingerprint density at radius 1 is 1.50 bits per heavy atom. The van der Waals surface area contributed by atoms with Gasteiger partial charge in [0, 0.05) is 31.4 Å². The summed E-state index contributed by atoms with van der Waals surface area (Å²) in [5.41, 5.74) is 0.684. The molecule has 0 aliphatic heterocycles. The Balaban J connectivity index is 1.78. The van der Waals surface area contributed by atoms with E-state index in [0.717, 1.165) is 30.3 Å². The zero-order valence-electron chi connectivity index (χ0n) is 12.0. The maximum Gasteiger partial charge on any atom is 0.264 e. The molecular weight excluding hydrogens is 274 g/mol. The summed E-state index contributed by atoms with van der Waals surface area (Å²) in [5.74, 6) is 1.40. The van der Waals surface area contributed by atoms with Crippen LogP contribution in [0, 0.1) is 6.92 Å². The fourth-order valence-corrected chi connectivity index (χ4v) is 2.55. The van der Waals surface area contributed by atoms with Gasteiger partial charge in [0.25, 0.3) is 5.91 Å². The van der Waals surface area contributed by atoms with Crippen LogP contribution in [0.15, 0.2) is 12.4 Å². The SMILES string of the molecule is Cc1nnsc1C(=O)NCCCn1ccnc1C(C)C. The van der Waals surface area contributed by atoms with Crippen LogP contribution >= 0.6 is 11.5 Å². The third-order valence-electron chi connectivity index (χ3n) is 2.98. The molecule has 7 heteroatoms. The van der Waals surface area contributed by atoms with E-state index in [1.807, 2.05) is 12.4 Å². The van der Waals surface area contributed by atoms with Gasteiger partial charge in [0.2, 0.25) is 0 Å². The third-order valence-corrected chi connectivity index (χ3v) is 3.81. The van der Waals surface area contributed by atoms with Crippen molar-refractivity contribution >= 4 is 17.4 Å². The summed E-state index contributed by atoms with van der Waals surface area (Å²) in [6.07, 6.45) is 4.67. The molecule has 0 bridgehead atoms. The number of carbonyl (C=O) groups excluding carboxylic acids is 1. The first-order chi connectivity index (χ1) is 9.59. The second kappa shape index (κ2) is 6.60. The van der Waals surface area contributed by atoms with E-state index in [2.05, 4.69) is 38.3 Å². The lowest BCUT2D eigenvalue weighted by molar-refractivity contribution is 0.0956. The van der Waals surface area contributed by atoms with E-state index >= 15 is 0 Å². The Kier molecular flexibility index (Phi) is 4.84. The summed E-state index contributed by atoms with van der Waals surface area (Å²) < 4.78 is 5.90. The van der Waals surface area contributed by atoms with Gasteiger partial charge in [0.05, 0.1) is 5.69 Å². The summed E-state index contributed by atoms with van der Waals surface area (Å²) in [6, 6.07) is 0. The molecule has 6 nitrogen and oxygen atoms in total. The highest BCUT2D eigenvalue weighted by molar-refractivity contribution is 7.07. The first kappa shape index (κ1) is 14.6. The Bertz CT molecular complexity index is 575. The van der Waals surface area contributed by atoms with E-state index in [0.29, 0.717) is 23.0 Å². The highest BCUT2D eigenvalue weighted by Crippen LogP contribution is 2.12. The Labute approximate surface area is 122 Å². The molecule has 1 amide bonds. The number of carbonyl (C=O) groups is 1. The standard InChI is InChI=1S/C13H19N5OS/c1-9(2)12-14-6-8-18(12)7-4-5-15-13(19)11-10(3)16-17-20-11/h6,8-9H,4-5,7H2,1-3H3,(H,15,19). The lowest BCUT2D eigenvalue weighted by Gasteiger charge is -2.10. The number of nitrogens with zero attached hydrogens (tertiary/aromatic N) is 4. The average molecular weight is 293 g/mol. The van der Waals surface area contributed by atoms with Crippen LogP contribution in [0.1, 0.15) is 47.4 Å². The molecule has 0 saturated carbocycles. The molecule has 0 spiro atoms. The van der Waals surface area contributed by atoms with Crippen LogP contribution in [0.4, 0.5) is 0 Å². The maximum absolute atomic E-state index is 11.9. The Morgan fingerprint density at radius 3 is 2.95 bits per heavy atom. The Morgan fingerprint density at radius 2 is 2.30 bits per heavy atom. The van der Waals surface area contributed by atoms with Gasteiger partial charge in [-0.05, 0) is 24.9 Å². The molecule has 0 aliphatic rings. The number of hydrogen-bond acceptors (Lipinski definition) is 5. The first-order valence-corrected chi connectivity index (χ1v) is 7.45. The lowest BCUT2D eigenvalue weighted by atomic mass is 10.2. The van der Waals surface area contributed by atoms with Crippen LogP contribution in [0.5, 0.6) is 0 Å². The van der Waals surface area contributed by atoms with Crippen molar-refractivity contribution in [2.75, 3.05) is 6.54 Å². The quantitative estimate of drug-likeness (QED) is 0.827. The van der Waals surface area contributed by atoms with E-state index in [9.17, 15) is 4.79 Å². The molecule has 1 N–H and O–H groups in total. The topological polar surface area (TPSA) is 72.7 Å². The average Bonchev–Trinajstić information content (AvgIpc) is 3.02. The summed E-state index contributed by atoms with van der Waals surface area (Å²) >= 11 is 1.13. The van der Waals surface area contributed by atoms with Gasteiger partial charge in [-0.1, -0.05) is 18.3 Å². The molecule has 2 aromatic heterocycles. The summed E-state index contributed by atoms with van der Waals surface area (Å²) in [6.45, 7) is 7.53. The molecular formula is C13H19N5OS. The molecule has 0 fully saturated rings. The van der Waals surface area contributed by atoms with E-state index in [-0.39, 0.29) is 5.91 Å². The third kappa shape index (κ3) is 3.41. The molecule has 2 aromatic rings. The second-order valence-corrected chi connectivity index (χ2v) is 5.68. The van der Waals surface area contributed by atoms with Gasteiger partial charge in [0.1, 0.15) is 10.7 Å². The Hall–Kier alpha value is -1.76. The van der Waals surface area contributed by atoms with Crippen molar-refractivity contribution in [1.29, 1.82) is 0 Å². The van der Waals surface area contributed by atoms with Gasteiger partial charge in [-0.15, -0.1) is 5.10 Å². The minimum absolute atomic E-state index is 0.0905. The number of nitrogens with one attached hydrogen (secondary N) is 1. The fourth-order valence-electron chi connectivity index (χ4n) is 1.98. The monoisotopic (exact) mass is 293 g/mol. The molecule has 20 heavy (non-hydrogen) atoms. The van der Waals surface area contributed by atoms with Crippen molar-refractivity contribution < 1.29 is 4.79 Å². The smallest absolute Gasteiger partial charge is 0.264 e. The van der Waals surface area contributed by atoms with E-state index in [4.69, 9.17) is 0 Å². The fraction of sp³-hybridized carbons (Fsp3) is 0.538. The lowest BCUT2D eigenvalue weighted by Crippen LogP contribution is -2.25.